The number of ketones is 3. The van der Waals surface area contributed by atoms with Gasteiger partial charge in [0, 0.05) is 58.5 Å². The van der Waals surface area contributed by atoms with Crippen molar-refractivity contribution < 1.29 is 63.0 Å². The molecule has 3 fully saturated rings. The SMILES string of the molecule is CO[C@H]1CC2CC[C@@H](C)[C@@](O)(O2)C(=O)C(=O)N2CCCCC2C(=O)O[C@H]([C@H](C)C[C@@H]2CCC(O)[C@H](OC)C2)CC(=O)[C@H](C)/C=C(\C)[C@@H](O)[C@@H](OC)C(=O)[C@H](C)C[C@H](C)/C=C/C=CC=C1C. The van der Waals surface area contributed by atoms with E-state index in [1.54, 1.807) is 41.1 Å². The van der Waals surface area contributed by atoms with Crippen LogP contribution >= 0.6 is 0 Å². The molecular weight excluding hydrogens is 835 g/mol. The van der Waals surface area contributed by atoms with Crippen molar-refractivity contribution in [1.82, 2.24) is 4.90 Å². The van der Waals surface area contributed by atoms with Crippen LogP contribution in [0, 0.1) is 35.5 Å². The van der Waals surface area contributed by atoms with Crippen molar-refractivity contribution >= 4 is 29.2 Å². The normalized spacial score (nSPS) is 39.1. The highest BCUT2D eigenvalue weighted by molar-refractivity contribution is 6.39. The second-order valence-corrected chi connectivity index (χ2v) is 19.6. The van der Waals surface area contributed by atoms with Crippen molar-refractivity contribution in [2.75, 3.05) is 27.9 Å². The number of carbonyl (C=O) groups excluding carboxylic acids is 5. The molecule has 4 aliphatic rings. The highest BCUT2D eigenvalue weighted by atomic mass is 16.6. The molecule has 3 aliphatic heterocycles. The molecule has 3 heterocycles. The quantitative estimate of drug-likeness (QED) is 0.156. The van der Waals surface area contributed by atoms with Gasteiger partial charge >= 0.3 is 5.97 Å². The van der Waals surface area contributed by atoms with Crippen LogP contribution in [0.25, 0.3) is 0 Å². The van der Waals surface area contributed by atoms with Gasteiger partial charge < -0.3 is 43.9 Å². The van der Waals surface area contributed by atoms with Gasteiger partial charge in [-0.25, -0.2) is 4.79 Å². The predicted octanol–water partition coefficient (Wildman–Crippen LogP) is 6.18. The Labute approximate surface area is 387 Å². The summed E-state index contributed by atoms with van der Waals surface area (Å²) in [5.41, 5.74) is 1.27. The van der Waals surface area contributed by atoms with E-state index in [0.717, 1.165) is 12.0 Å². The smallest absolute Gasteiger partial charge is 0.329 e. The molecule has 2 bridgehead atoms. The summed E-state index contributed by atoms with van der Waals surface area (Å²) in [6.45, 7) is 12.7. The summed E-state index contributed by atoms with van der Waals surface area (Å²) in [7, 11) is 4.52. The standard InChI is InChI=1S/C51H79NO13/c1-30-16-12-11-13-17-31(2)42(61-8)28-38-21-19-36(7)51(60,65-38)48(57)49(58)52-23-15-14-18-39(52)50(59)64-43(33(4)26-37-20-22-40(53)44(27-37)62-9)29-41(54)32(3)25-35(6)46(56)47(63-10)45(55)34(5)24-30/h11-13,16-17,25,30,32-34,36-40,42-44,46-47,53,56,60H,14-15,18-24,26-29H2,1-10H3/b13-11?,16-12+,31-17?,35-25+/t30-,32-,33-,34-,36-,37+,38?,39?,40?,42+,43+,44-,46-,47+,51-/m1/s1. The molecule has 3 N–H and O–H groups in total. The third-order valence-electron chi connectivity index (χ3n) is 14.5. The number of fused-ring (bicyclic) bond motifs is 3. The molecular formula is C51H79NO13. The molecule has 0 radical (unpaired) electrons. The van der Waals surface area contributed by atoms with Gasteiger partial charge in [0.25, 0.3) is 11.7 Å². The second-order valence-electron chi connectivity index (χ2n) is 19.6. The van der Waals surface area contributed by atoms with Crippen LogP contribution in [-0.4, -0.2) is 132 Å². The number of aliphatic hydroxyl groups excluding tert-OH is 2. The first-order valence-electron chi connectivity index (χ1n) is 23.9. The van der Waals surface area contributed by atoms with Crippen LogP contribution in [0.5, 0.6) is 0 Å². The van der Waals surface area contributed by atoms with Crippen molar-refractivity contribution in [3.63, 3.8) is 0 Å². The molecule has 3 unspecified atom stereocenters. The fourth-order valence-electron chi connectivity index (χ4n) is 10.1. The fraction of sp³-hybridized carbons (Fsp3) is 0.745. The highest BCUT2D eigenvalue weighted by Gasteiger charge is 2.53. The monoisotopic (exact) mass is 914 g/mol. The van der Waals surface area contributed by atoms with Crippen molar-refractivity contribution in [3.8, 4) is 0 Å². The number of aliphatic hydroxyl groups is 3. The van der Waals surface area contributed by atoms with Gasteiger partial charge in [0.05, 0.1) is 24.4 Å². The van der Waals surface area contributed by atoms with Crippen molar-refractivity contribution in [3.05, 3.63) is 47.6 Å². The summed E-state index contributed by atoms with van der Waals surface area (Å²) >= 11 is 0. The first-order valence-corrected chi connectivity index (χ1v) is 23.9. The zero-order valence-electron chi connectivity index (χ0n) is 40.6. The molecule has 0 spiro atoms. The van der Waals surface area contributed by atoms with E-state index in [-0.39, 0.29) is 54.8 Å². The van der Waals surface area contributed by atoms with Gasteiger partial charge in [0.1, 0.15) is 30.1 Å². The lowest BCUT2D eigenvalue weighted by molar-refractivity contribution is -0.265. The minimum Gasteiger partial charge on any atom is -0.460 e. The Kier molecular flexibility index (Phi) is 21.0. The molecule has 2 saturated heterocycles. The number of allylic oxidation sites excluding steroid dienone is 6. The lowest BCUT2D eigenvalue weighted by Gasteiger charge is -2.42. The molecule has 366 valence electrons. The molecule has 65 heavy (non-hydrogen) atoms. The lowest BCUT2D eigenvalue weighted by Crippen LogP contribution is -2.61. The third kappa shape index (κ3) is 14.3. The van der Waals surface area contributed by atoms with Gasteiger partial charge in [-0.3, -0.25) is 19.2 Å². The molecule has 0 aromatic rings. The van der Waals surface area contributed by atoms with Crippen LogP contribution in [0.2, 0.25) is 0 Å². The van der Waals surface area contributed by atoms with Crippen LogP contribution in [0.1, 0.15) is 126 Å². The van der Waals surface area contributed by atoms with E-state index >= 15 is 0 Å². The van der Waals surface area contributed by atoms with Crippen molar-refractivity contribution in [2.45, 2.75) is 180 Å². The summed E-state index contributed by atoms with van der Waals surface area (Å²) in [5.74, 6) is -7.96. The second kappa shape index (κ2) is 25.1. The molecule has 1 aliphatic carbocycles. The Morgan fingerprint density at radius 3 is 2.25 bits per heavy atom. The van der Waals surface area contributed by atoms with Gasteiger partial charge in [-0.05, 0) is 107 Å². The maximum absolute atomic E-state index is 14.4. The largest absolute Gasteiger partial charge is 0.460 e. The Hall–Kier alpha value is -3.37. The van der Waals surface area contributed by atoms with Crippen molar-refractivity contribution in [1.29, 1.82) is 0 Å². The number of carbonyl (C=O) groups is 5. The molecule has 1 saturated carbocycles. The maximum Gasteiger partial charge on any atom is 0.329 e. The lowest BCUT2D eigenvalue weighted by atomic mass is 9.78. The fourth-order valence-corrected chi connectivity index (χ4v) is 10.1. The topological polar surface area (TPSA) is 195 Å². The molecule has 15 atom stereocenters. The van der Waals surface area contributed by atoms with Gasteiger partial charge in [0.15, 0.2) is 5.78 Å². The summed E-state index contributed by atoms with van der Waals surface area (Å²) in [4.78, 5) is 71.8. The van der Waals surface area contributed by atoms with E-state index < -0.39 is 83.9 Å². The number of ether oxygens (including phenoxy) is 5. The number of hydrogen-bond donors (Lipinski definition) is 3. The van der Waals surface area contributed by atoms with Crippen LogP contribution in [0.15, 0.2) is 47.6 Å². The van der Waals surface area contributed by atoms with Gasteiger partial charge in [0.2, 0.25) is 5.79 Å². The van der Waals surface area contributed by atoms with Crippen molar-refractivity contribution in [2.24, 2.45) is 35.5 Å². The zero-order chi connectivity index (χ0) is 48.2. The van der Waals surface area contributed by atoms with Crippen LogP contribution in [-0.2, 0) is 47.7 Å². The summed E-state index contributed by atoms with van der Waals surface area (Å²) in [6, 6.07) is -1.14. The van der Waals surface area contributed by atoms with E-state index in [2.05, 4.69) is 0 Å². The number of methoxy groups -OCH3 is 3. The number of piperidine rings is 1. The van der Waals surface area contributed by atoms with Crippen LogP contribution < -0.4 is 0 Å². The number of rotatable bonds is 6. The first kappa shape index (κ1) is 54.2. The van der Waals surface area contributed by atoms with Gasteiger partial charge in [-0.15, -0.1) is 0 Å². The van der Waals surface area contributed by atoms with E-state index in [4.69, 9.17) is 23.7 Å². The molecule has 14 nitrogen and oxygen atoms in total. The number of nitrogens with zero attached hydrogens (tertiary/aromatic N) is 1. The molecule has 1 amide bonds. The minimum atomic E-state index is -2.43. The number of hydrogen-bond acceptors (Lipinski definition) is 13. The van der Waals surface area contributed by atoms with E-state index in [9.17, 15) is 39.3 Å². The molecule has 0 aromatic carbocycles. The molecule has 0 aromatic heterocycles. The number of amides is 1. The maximum atomic E-state index is 14.4. The average molecular weight is 914 g/mol. The Bertz CT molecular complexity index is 1760. The van der Waals surface area contributed by atoms with Gasteiger partial charge in [-0.1, -0.05) is 71.1 Å². The Balaban J connectivity index is 1.70. The average Bonchev–Trinajstić information content (AvgIpc) is 3.28. The first-order chi connectivity index (χ1) is 30.7. The Morgan fingerprint density at radius 2 is 1.57 bits per heavy atom. The van der Waals surface area contributed by atoms with Crippen LogP contribution in [0.4, 0.5) is 0 Å². The third-order valence-corrected chi connectivity index (χ3v) is 14.5. The minimum absolute atomic E-state index is 0.0193. The van der Waals surface area contributed by atoms with E-state index in [1.807, 2.05) is 58.1 Å². The summed E-state index contributed by atoms with van der Waals surface area (Å²) < 4.78 is 29.4. The Morgan fingerprint density at radius 1 is 0.846 bits per heavy atom. The predicted molar refractivity (Wildman–Crippen MR) is 245 cm³/mol. The number of Topliss-reactive ketones (excluding diaryl/α,β-unsaturated/α-hetero) is 3. The zero-order valence-corrected chi connectivity index (χ0v) is 40.6. The summed E-state index contributed by atoms with van der Waals surface area (Å²) in [5, 5.41) is 33.8. The molecule has 14 heteroatoms. The van der Waals surface area contributed by atoms with E-state index in [1.165, 1.54) is 12.0 Å². The number of cyclic esters (lactones) is 1. The summed E-state index contributed by atoms with van der Waals surface area (Å²) in [6.07, 6.45) is 11.2. The number of esters is 1. The highest BCUT2D eigenvalue weighted by Crippen LogP contribution is 2.38. The van der Waals surface area contributed by atoms with Crippen LogP contribution in [0.3, 0.4) is 0 Å². The molecule has 4 rings (SSSR count). The van der Waals surface area contributed by atoms with Gasteiger partial charge in [-0.2, -0.15) is 0 Å². The van der Waals surface area contributed by atoms with E-state index in [0.29, 0.717) is 63.4 Å².